The number of hydrogen-bond acceptors (Lipinski definition) is 5. The lowest BCUT2D eigenvalue weighted by Gasteiger charge is -2.33. The van der Waals surface area contributed by atoms with E-state index in [1.807, 2.05) is 6.92 Å². The number of anilines is 1. The number of hydrogen-bond donors (Lipinski definition) is 2. The molecular formula is C13H17N3O4S. The van der Waals surface area contributed by atoms with Crippen molar-refractivity contribution in [2.24, 2.45) is 0 Å². The molecule has 21 heavy (non-hydrogen) atoms. The fourth-order valence-corrected chi connectivity index (χ4v) is 4.20. The van der Waals surface area contributed by atoms with Gasteiger partial charge in [-0.05, 0) is 25.1 Å². The van der Waals surface area contributed by atoms with Crippen molar-refractivity contribution in [3.63, 3.8) is 0 Å². The maximum atomic E-state index is 12.7. The second-order valence-electron chi connectivity index (χ2n) is 5.16. The number of carbonyl (C=O) groups excluding carboxylic acids is 1. The van der Waals surface area contributed by atoms with Gasteiger partial charge in [0.05, 0.1) is 10.6 Å². The van der Waals surface area contributed by atoms with Gasteiger partial charge in [-0.15, -0.1) is 0 Å². The van der Waals surface area contributed by atoms with Crippen molar-refractivity contribution < 1.29 is 17.9 Å². The van der Waals surface area contributed by atoms with Crippen LogP contribution in [0.2, 0.25) is 0 Å². The second kappa shape index (κ2) is 5.28. The number of nitrogens with one attached hydrogen (secondary N) is 2. The molecule has 1 atom stereocenters. The summed E-state index contributed by atoms with van der Waals surface area (Å²) >= 11 is 0. The van der Waals surface area contributed by atoms with Crippen LogP contribution in [0.1, 0.15) is 6.92 Å². The first kappa shape index (κ1) is 14.3. The molecule has 1 amide bonds. The highest BCUT2D eigenvalue weighted by Gasteiger charge is 2.31. The molecule has 114 valence electrons. The SMILES string of the molecule is CC1CNCCN1S(=O)(=O)c1ccc2c(c1)NC(=O)CO2. The number of rotatable bonds is 2. The third kappa shape index (κ3) is 2.61. The summed E-state index contributed by atoms with van der Waals surface area (Å²) in [6.07, 6.45) is 0. The number of fused-ring (bicyclic) bond motifs is 1. The molecule has 0 saturated carbocycles. The second-order valence-corrected chi connectivity index (χ2v) is 7.05. The van der Waals surface area contributed by atoms with Gasteiger partial charge in [0, 0.05) is 25.7 Å². The zero-order valence-electron chi connectivity index (χ0n) is 11.6. The van der Waals surface area contributed by atoms with E-state index in [9.17, 15) is 13.2 Å². The zero-order valence-corrected chi connectivity index (χ0v) is 12.4. The Morgan fingerprint density at radius 3 is 2.95 bits per heavy atom. The van der Waals surface area contributed by atoms with Crippen molar-refractivity contribution >= 4 is 21.6 Å². The van der Waals surface area contributed by atoms with Crippen molar-refractivity contribution in [2.75, 3.05) is 31.6 Å². The molecule has 2 heterocycles. The predicted molar refractivity (Wildman–Crippen MR) is 76.8 cm³/mol. The normalized spacial score (nSPS) is 23.1. The molecule has 1 unspecified atom stereocenters. The maximum absolute atomic E-state index is 12.7. The Labute approximate surface area is 123 Å². The van der Waals surface area contributed by atoms with Gasteiger partial charge in [0.1, 0.15) is 5.75 Å². The van der Waals surface area contributed by atoms with Crippen LogP contribution < -0.4 is 15.4 Å². The molecule has 1 aromatic rings. The molecule has 0 spiro atoms. The standard InChI is InChI=1S/C13H17N3O4S/c1-9-7-14-4-5-16(9)21(18,19)10-2-3-12-11(6-10)15-13(17)8-20-12/h2-3,6,9,14H,4-5,7-8H2,1H3,(H,15,17). The fraction of sp³-hybridized carbons (Fsp3) is 0.462. The Morgan fingerprint density at radius 1 is 1.38 bits per heavy atom. The van der Waals surface area contributed by atoms with Crippen molar-refractivity contribution in [1.82, 2.24) is 9.62 Å². The van der Waals surface area contributed by atoms with Crippen LogP contribution in [-0.4, -0.2) is 50.9 Å². The van der Waals surface area contributed by atoms with Crippen LogP contribution in [0, 0.1) is 0 Å². The van der Waals surface area contributed by atoms with E-state index < -0.39 is 10.0 Å². The van der Waals surface area contributed by atoms with Gasteiger partial charge in [-0.2, -0.15) is 4.31 Å². The van der Waals surface area contributed by atoms with E-state index in [2.05, 4.69) is 10.6 Å². The van der Waals surface area contributed by atoms with Crippen LogP contribution in [0.3, 0.4) is 0 Å². The van der Waals surface area contributed by atoms with Crippen molar-refractivity contribution in [2.45, 2.75) is 17.9 Å². The molecular weight excluding hydrogens is 294 g/mol. The van der Waals surface area contributed by atoms with E-state index in [1.165, 1.54) is 16.4 Å². The molecule has 1 saturated heterocycles. The van der Waals surface area contributed by atoms with E-state index in [0.717, 1.165) is 0 Å². The Kier molecular flexibility index (Phi) is 3.60. The number of benzene rings is 1. The van der Waals surface area contributed by atoms with Gasteiger partial charge >= 0.3 is 0 Å². The Hall–Kier alpha value is -1.64. The predicted octanol–water partition coefficient (Wildman–Crippen LogP) is -0.0001000. The molecule has 8 heteroatoms. The van der Waals surface area contributed by atoms with E-state index in [1.54, 1.807) is 6.07 Å². The zero-order chi connectivity index (χ0) is 15.0. The van der Waals surface area contributed by atoms with E-state index in [-0.39, 0.29) is 23.5 Å². The Balaban J connectivity index is 1.95. The molecule has 2 aliphatic heterocycles. The summed E-state index contributed by atoms with van der Waals surface area (Å²) in [5.74, 6) is 0.203. The van der Waals surface area contributed by atoms with E-state index in [4.69, 9.17) is 4.74 Å². The molecule has 0 aliphatic carbocycles. The van der Waals surface area contributed by atoms with Crippen molar-refractivity contribution in [3.8, 4) is 5.75 Å². The van der Waals surface area contributed by atoms with E-state index in [0.29, 0.717) is 31.1 Å². The lowest BCUT2D eigenvalue weighted by atomic mass is 10.2. The molecule has 0 radical (unpaired) electrons. The molecule has 0 aromatic heterocycles. The number of ether oxygens (including phenoxy) is 1. The first-order valence-electron chi connectivity index (χ1n) is 6.78. The highest BCUT2D eigenvalue weighted by atomic mass is 32.2. The molecule has 1 fully saturated rings. The lowest BCUT2D eigenvalue weighted by molar-refractivity contribution is -0.118. The van der Waals surface area contributed by atoms with Gasteiger partial charge in [0.25, 0.3) is 5.91 Å². The summed E-state index contributed by atoms with van der Waals surface area (Å²) in [4.78, 5) is 11.5. The highest BCUT2D eigenvalue weighted by Crippen LogP contribution is 2.31. The first-order valence-corrected chi connectivity index (χ1v) is 8.22. The molecule has 2 aliphatic rings. The lowest BCUT2D eigenvalue weighted by Crippen LogP contribution is -2.52. The summed E-state index contributed by atoms with van der Waals surface area (Å²) in [5, 5.41) is 5.79. The van der Waals surface area contributed by atoms with Gasteiger partial charge in [0.2, 0.25) is 10.0 Å². The molecule has 1 aromatic carbocycles. The largest absolute Gasteiger partial charge is 0.482 e. The van der Waals surface area contributed by atoms with Crippen LogP contribution >= 0.6 is 0 Å². The minimum Gasteiger partial charge on any atom is -0.482 e. The molecule has 2 N–H and O–H groups in total. The molecule has 3 rings (SSSR count). The van der Waals surface area contributed by atoms with Crippen LogP contribution in [-0.2, 0) is 14.8 Å². The summed E-state index contributed by atoms with van der Waals surface area (Å²) < 4.78 is 32.1. The van der Waals surface area contributed by atoms with Gasteiger partial charge in [-0.3, -0.25) is 4.79 Å². The number of nitrogens with zero attached hydrogens (tertiary/aromatic N) is 1. The van der Waals surface area contributed by atoms with Crippen LogP contribution in [0.15, 0.2) is 23.1 Å². The average molecular weight is 311 g/mol. The smallest absolute Gasteiger partial charge is 0.262 e. The third-order valence-electron chi connectivity index (χ3n) is 3.63. The van der Waals surface area contributed by atoms with Gasteiger partial charge in [0.15, 0.2) is 6.61 Å². The quantitative estimate of drug-likeness (QED) is 0.803. The van der Waals surface area contributed by atoms with Crippen molar-refractivity contribution in [3.05, 3.63) is 18.2 Å². The summed E-state index contributed by atoms with van der Waals surface area (Å²) in [5.41, 5.74) is 0.398. The minimum atomic E-state index is -3.58. The number of carbonyl (C=O) groups is 1. The molecule has 7 nitrogen and oxygen atoms in total. The summed E-state index contributed by atoms with van der Waals surface area (Å²) in [6, 6.07) is 4.44. The fourth-order valence-electron chi connectivity index (χ4n) is 2.54. The molecule has 0 bridgehead atoms. The topological polar surface area (TPSA) is 87.7 Å². The maximum Gasteiger partial charge on any atom is 0.262 e. The summed E-state index contributed by atoms with van der Waals surface area (Å²) in [7, 11) is -3.58. The Morgan fingerprint density at radius 2 is 2.19 bits per heavy atom. The van der Waals surface area contributed by atoms with Crippen molar-refractivity contribution in [1.29, 1.82) is 0 Å². The van der Waals surface area contributed by atoms with Crippen LogP contribution in [0.25, 0.3) is 0 Å². The van der Waals surface area contributed by atoms with E-state index >= 15 is 0 Å². The number of amides is 1. The third-order valence-corrected chi connectivity index (χ3v) is 5.64. The van der Waals surface area contributed by atoms with Gasteiger partial charge < -0.3 is 15.4 Å². The van der Waals surface area contributed by atoms with Gasteiger partial charge in [-0.1, -0.05) is 0 Å². The van der Waals surface area contributed by atoms with Crippen LogP contribution in [0.4, 0.5) is 5.69 Å². The number of sulfonamides is 1. The number of piperazine rings is 1. The highest BCUT2D eigenvalue weighted by molar-refractivity contribution is 7.89. The average Bonchev–Trinajstić information content (AvgIpc) is 2.46. The summed E-state index contributed by atoms with van der Waals surface area (Å²) in [6.45, 7) is 3.52. The first-order chi connectivity index (χ1) is 9.98. The Bertz CT molecular complexity index is 674. The minimum absolute atomic E-state index is 0.0477. The monoisotopic (exact) mass is 311 g/mol. The van der Waals surface area contributed by atoms with Gasteiger partial charge in [-0.25, -0.2) is 8.42 Å². The van der Waals surface area contributed by atoms with Crippen LogP contribution in [0.5, 0.6) is 5.75 Å².